The van der Waals surface area contributed by atoms with Crippen molar-refractivity contribution in [3.8, 4) is 0 Å². The van der Waals surface area contributed by atoms with E-state index in [-0.39, 0.29) is 29.5 Å². The van der Waals surface area contributed by atoms with Crippen molar-refractivity contribution >= 4 is 11.8 Å². The van der Waals surface area contributed by atoms with Crippen molar-refractivity contribution in [2.75, 3.05) is 39.3 Å². The molecule has 0 aromatic carbocycles. The van der Waals surface area contributed by atoms with Gasteiger partial charge in [0.25, 0.3) is 0 Å². The lowest BCUT2D eigenvalue weighted by atomic mass is 9.96. The molecule has 7 heteroatoms. The predicted molar refractivity (Wildman–Crippen MR) is 97.3 cm³/mol. The first-order chi connectivity index (χ1) is 11.7. The molecule has 2 amide bonds. The second-order valence-electron chi connectivity index (χ2n) is 8.27. The van der Waals surface area contributed by atoms with Crippen LogP contribution in [0, 0.1) is 5.92 Å². The van der Waals surface area contributed by atoms with Crippen LogP contribution in [-0.4, -0.2) is 73.7 Å². The summed E-state index contributed by atoms with van der Waals surface area (Å²) in [6.07, 6.45) is 1.93. The smallest absolute Gasteiger partial charge is 0.239 e. The Balaban J connectivity index is 1.65. The van der Waals surface area contributed by atoms with Crippen LogP contribution in [0.3, 0.4) is 0 Å². The van der Waals surface area contributed by atoms with Crippen LogP contribution < -0.4 is 16.0 Å². The van der Waals surface area contributed by atoms with Crippen LogP contribution in [-0.2, 0) is 14.3 Å². The highest BCUT2D eigenvalue weighted by Crippen LogP contribution is 2.16. The molecule has 7 nitrogen and oxygen atoms in total. The van der Waals surface area contributed by atoms with Crippen molar-refractivity contribution in [1.82, 2.24) is 20.9 Å². The Kier molecular flexibility index (Phi) is 7.22. The molecule has 0 aromatic rings. The Labute approximate surface area is 151 Å². The fraction of sp³-hybridized carbons (Fsp3) is 0.889. The van der Waals surface area contributed by atoms with E-state index >= 15 is 0 Å². The molecule has 2 aliphatic rings. The van der Waals surface area contributed by atoms with E-state index in [2.05, 4.69) is 20.9 Å². The number of morpholine rings is 1. The highest BCUT2D eigenvalue weighted by Gasteiger charge is 2.29. The van der Waals surface area contributed by atoms with E-state index in [1.807, 2.05) is 27.7 Å². The van der Waals surface area contributed by atoms with E-state index in [1.54, 1.807) is 0 Å². The summed E-state index contributed by atoms with van der Waals surface area (Å²) < 4.78 is 5.52. The van der Waals surface area contributed by atoms with Crippen LogP contribution in [0.15, 0.2) is 0 Å². The van der Waals surface area contributed by atoms with Gasteiger partial charge in [-0.3, -0.25) is 14.5 Å². The number of likely N-dealkylation sites (tertiary alicyclic amines) is 1. The van der Waals surface area contributed by atoms with Gasteiger partial charge in [0.1, 0.15) is 6.04 Å². The Bertz CT molecular complexity index is 456. The predicted octanol–water partition coefficient (Wildman–Crippen LogP) is 0.106. The maximum atomic E-state index is 12.3. The number of ether oxygens (including phenoxy) is 1. The van der Waals surface area contributed by atoms with Crippen LogP contribution in [0.2, 0.25) is 0 Å². The van der Waals surface area contributed by atoms with E-state index in [9.17, 15) is 9.59 Å². The van der Waals surface area contributed by atoms with Gasteiger partial charge >= 0.3 is 0 Å². The molecular weight excluding hydrogens is 320 g/mol. The van der Waals surface area contributed by atoms with Gasteiger partial charge < -0.3 is 20.7 Å². The SMILES string of the molecule is C[C@H]1OCCN[C@@H]1C(=O)NCC1CCN(CC(=O)NC(C)(C)C)CC1. The number of rotatable bonds is 5. The minimum Gasteiger partial charge on any atom is -0.375 e. The zero-order valence-corrected chi connectivity index (χ0v) is 16.1. The molecule has 0 aliphatic carbocycles. The largest absolute Gasteiger partial charge is 0.375 e. The number of hydrogen-bond donors (Lipinski definition) is 3. The number of piperidine rings is 1. The first kappa shape index (κ1) is 20.1. The lowest BCUT2D eigenvalue weighted by Gasteiger charge is -2.33. The lowest BCUT2D eigenvalue weighted by Crippen LogP contribution is -2.56. The van der Waals surface area contributed by atoms with E-state index in [0.717, 1.165) is 32.5 Å². The van der Waals surface area contributed by atoms with Crippen LogP contribution in [0.4, 0.5) is 0 Å². The first-order valence-electron chi connectivity index (χ1n) is 9.40. The van der Waals surface area contributed by atoms with E-state index < -0.39 is 0 Å². The normalized spacial score (nSPS) is 26.2. The van der Waals surface area contributed by atoms with E-state index in [1.165, 1.54) is 0 Å². The van der Waals surface area contributed by atoms with Gasteiger partial charge in [0, 0.05) is 18.6 Å². The molecule has 144 valence electrons. The Morgan fingerprint density at radius 1 is 1.24 bits per heavy atom. The molecule has 2 atom stereocenters. The van der Waals surface area contributed by atoms with Crippen molar-refractivity contribution < 1.29 is 14.3 Å². The van der Waals surface area contributed by atoms with Gasteiger partial charge in [0.15, 0.2) is 0 Å². The summed E-state index contributed by atoms with van der Waals surface area (Å²) in [5, 5.41) is 9.28. The number of carbonyl (C=O) groups excluding carboxylic acids is 2. The Hall–Kier alpha value is -1.18. The topological polar surface area (TPSA) is 82.7 Å². The summed E-state index contributed by atoms with van der Waals surface area (Å²) >= 11 is 0. The van der Waals surface area contributed by atoms with Gasteiger partial charge in [0.05, 0.1) is 19.3 Å². The van der Waals surface area contributed by atoms with Gasteiger partial charge in [-0.1, -0.05) is 0 Å². The molecule has 0 unspecified atom stereocenters. The fourth-order valence-corrected chi connectivity index (χ4v) is 3.39. The van der Waals surface area contributed by atoms with Crippen LogP contribution in [0.1, 0.15) is 40.5 Å². The first-order valence-corrected chi connectivity index (χ1v) is 9.40. The average Bonchev–Trinajstić information content (AvgIpc) is 2.52. The van der Waals surface area contributed by atoms with Crippen molar-refractivity contribution in [1.29, 1.82) is 0 Å². The van der Waals surface area contributed by atoms with Crippen molar-refractivity contribution in [2.24, 2.45) is 5.92 Å². The highest BCUT2D eigenvalue weighted by molar-refractivity contribution is 5.82. The number of nitrogens with zero attached hydrogens (tertiary/aromatic N) is 1. The molecule has 2 aliphatic heterocycles. The molecule has 2 rings (SSSR count). The molecule has 2 saturated heterocycles. The average molecular weight is 354 g/mol. The third kappa shape index (κ3) is 6.92. The molecular formula is C18H34N4O3. The van der Waals surface area contributed by atoms with Crippen molar-refractivity contribution in [3.63, 3.8) is 0 Å². The fourth-order valence-electron chi connectivity index (χ4n) is 3.39. The molecule has 0 bridgehead atoms. The Morgan fingerprint density at radius 3 is 2.52 bits per heavy atom. The molecule has 0 aromatic heterocycles. The molecule has 0 radical (unpaired) electrons. The van der Waals surface area contributed by atoms with E-state index in [4.69, 9.17) is 4.74 Å². The van der Waals surface area contributed by atoms with Gasteiger partial charge in [0.2, 0.25) is 11.8 Å². The maximum Gasteiger partial charge on any atom is 0.239 e. The summed E-state index contributed by atoms with van der Waals surface area (Å²) in [5.74, 6) is 0.585. The van der Waals surface area contributed by atoms with Crippen molar-refractivity contribution in [3.05, 3.63) is 0 Å². The van der Waals surface area contributed by atoms with Crippen LogP contribution >= 0.6 is 0 Å². The highest BCUT2D eigenvalue weighted by atomic mass is 16.5. The Morgan fingerprint density at radius 2 is 1.92 bits per heavy atom. The zero-order chi connectivity index (χ0) is 18.4. The maximum absolute atomic E-state index is 12.3. The third-order valence-corrected chi connectivity index (χ3v) is 4.75. The minimum absolute atomic E-state index is 0.0270. The van der Waals surface area contributed by atoms with Gasteiger partial charge in [-0.2, -0.15) is 0 Å². The molecule has 0 spiro atoms. The van der Waals surface area contributed by atoms with E-state index in [0.29, 0.717) is 25.6 Å². The number of hydrogen-bond acceptors (Lipinski definition) is 5. The third-order valence-electron chi connectivity index (χ3n) is 4.75. The van der Waals surface area contributed by atoms with Crippen LogP contribution in [0.5, 0.6) is 0 Å². The zero-order valence-electron chi connectivity index (χ0n) is 16.1. The second kappa shape index (κ2) is 8.96. The second-order valence-corrected chi connectivity index (χ2v) is 8.27. The standard InChI is InChI=1S/C18H34N4O3/c1-13-16(19-7-10-25-13)17(24)20-11-14-5-8-22(9-6-14)12-15(23)21-18(2,3)4/h13-14,16,19H,5-12H2,1-4H3,(H,20,24)(H,21,23)/t13-,16+/m1/s1. The van der Waals surface area contributed by atoms with Gasteiger partial charge in [-0.25, -0.2) is 0 Å². The number of carbonyl (C=O) groups is 2. The quantitative estimate of drug-likeness (QED) is 0.653. The monoisotopic (exact) mass is 354 g/mol. The summed E-state index contributed by atoms with van der Waals surface area (Å²) in [6.45, 7) is 12.2. The molecule has 2 heterocycles. The van der Waals surface area contributed by atoms with Crippen molar-refractivity contribution in [2.45, 2.75) is 58.2 Å². The van der Waals surface area contributed by atoms with Gasteiger partial charge in [-0.15, -0.1) is 0 Å². The lowest BCUT2D eigenvalue weighted by molar-refractivity contribution is -0.129. The van der Waals surface area contributed by atoms with Gasteiger partial charge in [-0.05, 0) is 59.5 Å². The molecule has 0 saturated carbocycles. The summed E-state index contributed by atoms with van der Waals surface area (Å²) in [7, 11) is 0. The minimum atomic E-state index is -0.255. The molecule has 2 fully saturated rings. The summed E-state index contributed by atoms with van der Waals surface area (Å²) in [5.41, 5.74) is -0.187. The molecule has 25 heavy (non-hydrogen) atoms. The summed E-state index contributed by atoms with van der Waals surface area (Å²) in [4.78, 5) is 26.5. The number of amides is 2. The van der Waals surface area contributed by atoms with Crippen LogP contribution in [0.25, 0.3) is 0 Å². The molecule has 3 N–H and O–H groups in total. The number of nitrogens with one attached hydrogen (secondary N) is 3. The summed E-state index contributed by atoms with van der Waals surface area (Å²) in [6, 6.07) is -0.255.